The van der Waals surface area contributed by atoms with Crippen LogP contribution in [0, 0.1) is 0 Å². The van der Waals surface area contributed by atoms with Gasteiger partial charge in [0.1, 0.15) is 17.5 Å². The molecule has 0 aliphatic carbocycles. The third-order valence-electron chi connectivity index (χ3n) is 4.33. The minimum atomic E-state index is -0.945. The zero-order valence-electron chi connectivity index (χ0n) is 13.0. The molecule has 0 saturated carbocycles. The van der Waals surface area contributed by atoms with Crippen LogP contribution in [-0.2, 0) is 0 Å². The van der Waals surface area contributed by atoms with Gasteiger partial charge in [-0.3, -0.25) is 0 Å². The van der Waals surface area contributed by atoms with Gasteiger partial charge in [0, 0.05) is 30.0 Å². The van der Waals surface area contributed by atoms with Gasteiger partial charge in [0.15, 0.2) is 0 Å². The maximum atomic E-state index is 11.0. The van der Waals surface area contributed by atoms with E-state index in [9.17, 15) is 4.79 Å². The summed E-state index contributed by atoms with van der Waals surface area (Å²) >= 11 is 0. The number of piperidine rings is 1. The topological polar surface area (TPSA) is 65.6 Å². The van der Waals surface area contributed by atoms with Gasteiger partial charge in [-0.05, 0) is 51.0 Å². The van der Waals surface area contributed by atoms with E-state index >= 15 is 0 Å². The van der Waals surface area contributed by atoms with Crippen LogP contribution in [0.4, 0.5) is 0 Å². The quantitative estimate of drug-likeness (QED) is 0.910. The number of benzene rings is 1. The van der Waals surface area contributed by atoms with E-state index in [-0.39, 0.29) is 11.8 Å². The average molecular weight is 302 g/mol. The molecule has 2 N–H and O–H groups in total. The fourth-order valence-electron chi connectivity index (χ4n) is 3.00. The molecule has 1 aromatic heterocycles. The van der Waals surface area contributed by atoms with Crippen molar-refractivity contribution < 1.29 is 14.6 Å². The molecule has 0 amide bonds. The van der Waals surface area contributed by atoms with Crippen molar-refractivity contribution in [2.75, 3.05) is 13.1 Å². The van der Waals surface area contributed by atoms with Crippen LogP contribution in [0.25, 0.3) is 10.9 Å². The Bertz CT molecular complexity index is 670. The molecule has 0 bridgehead atoms. The number of carboxylic acids is 1. The molecule has 2 heterocycles. The van der Waals surface area contributed by atoms with Gasteiger partial charge in [-0.25, -0.2) is 4.79 Å². The normalized spacial score (nSPS) is 17.2. The van der Waals surface area contributed by atoms with E-state index in [1.807, 2.05) is 18.2 Å². The second kappa shape index (κ2) is 6.01. The Morgan fingerprint density at radius 2 is 2.05 bits per heavy atom. The lowest BCUT2D eigenvalue weighted by atomic mass is 10.1. The molecule has 1 fully saturated rings. The van der Waals surface area contributed by atoms with Gasteiger partial charge in [-0.15, -0.1) is 0 Å². The number of rotatable bonds is 4. The van der Waals surface area contributed by atoms with Crippen molar-refractivity contribution in [2.24, 2.45) is 0 Å². The van der Waals surface area contributed by atoms with Crippen LogP contribution in [0.1, 0.15) is 37.2 Å². The fourth-order valence-corrected chi connectivity index (χ4v) is 3.00. The molecule has 0 radical (unpaired) electrons. The Hall–Kier alpha value is -2.01. The third-order valence-corrected chi connectivity index (χ3v) is 4.33. The number of hydrogen-bond donors (Lipinski definition) is 2. The molecule has 0 spiro atoms. The first-order valence-electron chi connectivity index (χ1n) is 7.79. The van der Waals surface area contributed by atoms with Crippen molar-refractivity contribution in [2.45, 2.75) is 38.8 Å². The van der Waals surface area contributed by atoms with E-state index in [4.69, 9.17) is 9.84 Å². The second-order valence-corrected chi connectivity index (χ2v) is 6.18. The standard InChI is InChI=1S/C17H22N2O3/c1-11(2)19-7-5-13(6-8-19)22-14-3-4-15-12(9-14)10-16(18-15)17(20)21/h3-4,9-11,13,18H,5-8H2,1-2H3,(H,20,21). The first-order valence-corrected chi connectivity index (χ1v) is 7.79. The summed E-state index contributed by atoms with van der Waals surface area (Å²) in [5, 5.41) is 9.89. The Morgan fingerprint density at radius 1 is 1.32 bits per heavy atom. The maximum absolute atomic E-state index is 11.0. The summed E-state index contributed by atoms with van der Waals surface area (Å²) in [5.41, 5.74) is 1.02. The molecular weight excluding hydrogens is 280 g/mol. The largest absolute Gasteiger partial charge is 0.490 e. The van der Waals surface area contributed by atoms with E-state index in [0.29, 0.717) is 6.04 Å². The molecule has 1 aliphatic heterocycles. The molecule has 5 nitrogen and oxygen atoms in total. The van der Waals surface area contributed by atoms with Crippen LogP contribution in [0.2, 0.25) is 0 Å². The Balaban J connectivity index is 1.68. The zero-order valence-corrected chi connectivity index (χ0v) is 13.0. The van der Waals surface area contributed by atoms with Gasteiger partial charge < -0.3 is 19.7 Å². The number of aromatic nitrogens is 1. The average Bonchev–Trinajstić information content (AvgIpc) is 2.91. The first kappa shape index (κ1) is 14.9. The van der Waals surface area contributed by atoms with E-state index in [1.54, 1.807) is 6.07 Å². The minimum Gasteiger partial charge on any atom is -0.490 e. The number of aromatic carboxylic acids is 1. The van der Waals surface area contributed by atoms with Crippen molar-refractivity contribution in [3.05, 3.63) is 30.0 Å². The molecule has 1 aliphatic rings. The molecule has 2 aromatic rings. The number of aromatic amines is 1. The summed E-state index contributed by atoms with van der Waals surface area (Å²) in [6, 6.07) is 7.92. The number of ether oxygens (including phenoxy) is 1. The van der Waals surface area contributed by atoms with Crippen molar-refractivity contribution in [3.8, 4) is 5.75 Å². The summed E-state index contributed by atoms with van der Waals surface area (Å²) in [4.78, 5) is 16.3. The van der Waals surface area contributed by atoms with Crippen LogP contribution >= 0.6 is 0 Å². The summed E-state index contributed by atoms with van der Waals surface area (Å²) in [6.45, 7) is 6.58. The van der Waals surface area contributed by atoms with Gasteiger partial charge in [0.25, 0.3) is 0 Å². The minimum absolute atomic E-state index is 0.206. The summed E-state index contributed by atoms with van der Waals surface area (Å²) in [7, 11) is 0. The molecule has 1 aromatic carbocycles. The molecule has 118 valence electrons. The van der Waals surface area contributed by atoms with Crippen molar-refractivity contribution >= 4 is 16.9 Å². The second-order valence-electron chi connectivity index (χ2n) is 6.18. The lowest BCUT2D eigenvalue weighted by molar-refractivity contribution is 0.0691. The van der Waals surface area contributed by atoms with Gasteiger partial charge in [-0.2, -0.15) is 0 Å². The Kier molecular flexibility index (Phi) is 4.07. The third kappa shape index (κ3) is 3.09. The molecule has 5 heteroatoms. The van der Waals surface area contributed by atoms with Gasteiger partial charge >= 0.3 is 5.97 Å². The number of likely N-dealkylation sites (tertiary alicyclic amines) is 1. The molecule has 1 saturated heterocycles. The molecule has 0 atom stereocenters. The molecule has 22 heavy (non-hydrogen) atoms. The lowest BCUT2D eigenvalue weighted by Crippen LogP contribution is -2.41. The van der Waals surface area contributed by atoms with E-state index in [0.717, 1.165) is 42.6 Å². The first-order chi connectivity index (χ1) is 10.5. The molecule has 0 unspecified atom stereocenters. The SMILES string of the molecule is CC(C)N1CCC(Oc2ccc3[nH]c(C(=O)O)cc3c2)CC1. The highest BCUT2D eigenvalue weighted by molar-refractivity contribution is 5.94. The predicted octanol–water partition coefficient (Wildman–Crippen LogP) is 3.12. The number of H-pyrrole nitrogens is 1. The van der Waals surface area contributed by atoms with E-state index in [1.165, 1.54) is 0 Å². The number of carbonyl (C=O) groups is 1. The molecule has 3 rings (SSSR count). The number of hydrogen-bond acceptors (Lipinski definition) is 3. The summed E-state index contributed by atoms with van der Waals surface area (Å²) in [6.07, 6.45) is 2.30. The monoisotopic (exact) mass is 302 g/mol. The van der Waals surface area contributed by atoms with Crippen LogP contribution < -0.4 is 4.74 Å². The van der Waals surface area contributed by atoms with Crippen molar-refractivity contribution in [1.82, 2.24) is 9.88 Å². The highest BCUT2D eigenvalue weighted by Crippen LogP contribution is 2.25. The van der Waals surface area contributed by atoms with Gasteiger partial charge in [-0.1, -0.05) is 0 Å². The summed E-state index contributed by atoms with van der Waals surface area (Å²) in [5.74, 6) is -0.133. The Labute approximate surface area is 129 Å². The highest BCUT2D eigenvalue weighted by atomic mass is 16.5. The van der Waals surface area contributed by atoms with Crippen molar-refractivity contribution in [3.63, 3.8) is 0 Å². The molecular formula is C17H22N2O3. The number of fused-ring (bicyclic) bond motifs is 1. The zero-order chi connectivity index (χ0) is 15.7. The van der Waals surface area contributed by atoms with Crippen LogP contribution in [0.5, 0.6) is 5.75 Å². The van der Waals surface area contributed by atoms with Crippen LogP contribution in [0.3, 0.4) is 0 Å². The lowest BCUT2D eigenvalue weighted by Gasteiger charge is -2.34. The van der Waals surface area contributed by atoms with Gasteiger partial charge in [0.05, 0.1) is 0 Å². The van der Waals surface area contributed by atoms with E-state index < -0.39 is 5.97 Å². The number of nitrogens with one attached hydrogen (secondary N) is 1. The summed E-state index contributed by atoms with van der Waals surface area (Å²) < 4.78 is 6.07. The fraction of sp³-hybridized carbons (Fsp3) is 0.471. The number of nitrogens with zero attached hydrogens (tertiary/aromatic N) is 1. The predicted molar refractivity (Wildman–Crippen MR) is 85.6 cm³/mol. The smallest absolute Gasteiger partial charge is 0.352 e. The van der Waals surface area contributed by atoms with Crippen LogP contribution in [-0.4, -0.2) is 46.2 Å². The Morgan fingerprint density at radius 3 is 2.68 bits per heavy atom. The van der Waals surface area contributed by atoms with E-state index in [2.05, 4.69) is 23.7 Å². The van der Waals surface area contributed by atoms with Crippen molar-refractivity contribution in [1.29, 1.82) is 0 Å². The van der Waals surface area contributed by atoms with Gasteiger partial charge in [0.2, 0.25) is 0 Å². The van der Waals surface area contributed by atoms with Crippen LogP contribution in [0.15, 0.2) is 24.3 Å². The maximum Gasteiger partial charge on any atom is 0.352 e. The number of carboxylic acid groups (broad SMARTS) is 1. The highest BCUT2D eigenvalue weighted by Gasteiger charge is 2.22.